The Labute approximate surface area is 136 Å². The lowest BCUT2D eigenvalue weighted by Crippen LogP contribution is -2.39. The first kappa shape index (κ1) is 15.5. The van der Waals surface area contributed by atoms with Crippen molar-refractivity contribution >= 4 is 17.3 Å². The Morgan fingerprint density at radius 2 is 1.78 bits per heavy atom. The first-order valence-electron chi connectivity index (χ1n) is 7.89. The number of hydrogen-bond donors (Lipinski definition) is 1. The molecule has 3 rings (SSSR count). The minimum atomic E-state index is -0.0297. The van der Waals surface area contributed by atoms with E-state index in [9.17, 15) is 4.79 Å². The summed E-state index contributed by atoms with van der Waals surface area (Å²) in [5, 5.41) is 2.93. The van der Waals surface area contributed by atoms with Crippen molar-refractivity contribution in [1.29, 1.82) is 0 Å². The number of amides is 1. The fourth-order valence-electron chi connectivity index (χ4n) is 2.58. The Balaban J connectivity index is 1.57. The quantitative estimate of drug-likeness (QED) is 0.875. The zero-order valence-corrected chi connectivity index (χ0v) is 13.4. The van der Waals surface area contributed by atoms with Crippen LogP contribution in [0.4, 0.5) is 11.4 Å². The summed E-state index contributed by atoms with van der Waals surface area (Å²) in [5.74, 6) is -0.0297. The number of rotatable bonds is 4. The van der Waals surface area contributed by atoms with E-state index in [0.29, 0.717) is 6.54 Å². The Bertz CT molecular complexity index is 647. The summed E-state index contributed by atoms with van der Waals surface area (Å²) in [6.07, 6.45) is 3.83. The predicted molar refractivity (Wildman–Crippen MR) is 89.5 cm³/mol. The maximum absolute atomic E-state index is 12.1. The van der Waals surface area contributed by atoms with Crippen molar-refractivity contribution in [3.63, 3.8) is 0 Å². The highest BCUT2D eigenvalue weighted by molar-refractivity contribution is 5.89. The molecule has 1 aromatic carbocycles. The number of anilines is 2. The average Bonchev–Trinajstić information content (AvgIpc) is 2.58. The molecule has 5 heteroatoms. The van der Waals surface area contributed by atoms with Gasteiger partial charge in [0, 0.05) is 36.6 Å². The number of carbonyl (C=O) groups excluding carboxylic acids is 1. The van der Waals surface area contributed by atoms with Crippen LogP contribution in [-0.2, 0) is 16.1 Å². The summed E-state index contributed by atoms with van der Waals surface area (Å²) in [4.78, 5) is 14.4. The van der Waals surface area contributed by atoms with Gasteiger partial charge in [-0.25, -0.2) is 0 Å². The molecule has 1 aromatic heterocycles. The van der Waals surface area contributed by atoms with Crippen LogP contribution in [0.5, 0.6) is 0 Å². The van der Waals surface area contributed by atoms with E-state index in [4.69, 9.17) is 4.74 Å². The van der Waals surface area contributed by atoms with Crippen molar-refractivity contribution in [3.8, 4) is 0 Å². The van der Waals surface area contributed by atoms with E-state index in [1.165, 1.54) is 11.3 Å². The van der Waals surface area contributed by atoms with Crippen LogP contribution in [0.3, 0.4) is 0 Å². The first-order valence-corrected chi connectivity index (χ1v) is 7.89. The average molecular weight is 312 g/mol. The number of carbonyl (C=O) groups is 1. The van der Waals surface area contributed by atoms with Crippen LogP contribution >= 0.6 is 0 Å². The topological polar surface area (TPSA) is 45.5 Å². The second-order valence-electron chi connectivity index (χ2n) is 5.74. The number of aromatic nitrogens is 1. The van der Waals surface area contributed by atoms with Crippen LogP contribution in [0.15, 0.2) is 48.8 Å². The fraction of sp³-hybridized carbons (Fsp3) is 0.333. The molecule has 0 aliphatic carbocycles. The van der Waals surface area contributed by atoms with Crippen LogP contribution in [0.25, 0.3) is 0 Å². The first-order chi connectivity index (χ1) is 11.2. The highest BCUT2D eigenvalue weighted by Crippen LogP contribution is 2.18. The molecule has 0 unspecified atom stereocenters. The number of ether oxygens (including phenoxy) is 1. The van der Waals surface area contributed by atoms with Crippen LogP contribution < -0.4 is 14.8 Å². The summed E-state index contributed by atoms with van der Waals surface area (Å²) >= 11 is 0. The number of morpholine rings is 1. The molecule has 0 radical (unpaired) electrons. The fourth-order valence-corrected chi connectivity index (χ4v) is 2.58. The molecule has 2 aromatic rings. The Morgan fingerprint density at radius 3 is 2.43 bits per heavy atom. The molecule has 1 aliphatic heterocycles. The summed E-state index contributed by atoms with van der Waals surface area (Å²) < 4.78 is 7.23. The van der Waals surface area contributed by atoms with Gasteiger partial charge < -0.3 is 15.0 Å². The van der Waals surface area contributed by atoms with E-state index in [0.717, 1.165) is 32.0 Å². The molecule has 1 aliphatic rings. The van der Waals surface area contributed by atoms with E-state index in [1.54, 1.807) is 0 Å². The second kappa shape index (κ2) is 7.24. The molecule has 0 saturated carbocycles. The second-order valence-corrected chi connectivity index (χ2v) is 5.74. The summed E-state index contributed by atoms with van der Waals surface area (Å²) in [5.41, 5.74) is 3.17. The molecule has 5 nitrogen and oxygen atoms in total. The third kappa shape index (κ3) is 4.29. The van der Waals surface area contributed by atoms with Crippen LogP contribution in [0.1, 0.15) is 5.56 Å². The van der Waals surface area contributed by atoms with Crippen molar-refractivity contribution < 1.29 is 14.1 Å². The highest BCUT2D eigenvalue weighted by Gasteiger charge is 2.12. The Hall–Kier alpha value is -2.40. The monoisotopic (exact) mass is 312 g/mol. The summed E-state index contributed by atoms with van der Waals surface area (Å²) in [6.45, 7) is 5.70. The normalized spacial score (nSPS) is 14.6. The number of benzene rings is 1. The molecule has 1 saturated heterocycles. The molecule has 0 atom stereocenters. The molecular weight excluding hydrogens is 290 g/mol. The smallest absolute Gasteiger partial charge is 0.290 e. The lowest BCUT2D eigenvalue weighted by atomic mass is 10.2. The van der Waals surface area contributed by atoms with Gasteiger partial charge in [-0.2, -0.15) is 4.57 Å². The molecule has 1 N–H and O–H groups in total. The minimum Gasteiger partial charge on any atom is -0.378 e. The molecule has 0 spiro atoms. The number of pyridine rings is 1. The summed E-state index contributed by atoms with van der Waals surface area (Å²) in [6, 6.07) is 12.0. The van der Waals surface area contributed by atoms with Gasteiger partial charge in [0.2, 0.25) is 6.54 Å². The van der Waals surface area contributed by atoms with E-state index in [1.807, 2.05) is 60.3 Å². The van der Waals surface area contributed by atoms with Gasteiger partial charge in [-0.15, -0.1) is 0 Å². The molecular formula is C18H22N3O2+. The highest BCUT2D eigenvalue weighted by atomic mass is 16.5. The van der Waals surface area contributed by atoms with Crippen LogP contribution in [0.2, 0.25) is 0 Å². The maximum atomic E-state index is 12.1. The SMILES string of the molecule is Cc1cc[n+](CC(=O)Nc2ccc(N3CCOCC3)cc2)cc1. The van der Waals surface area contributed by atoms with Crippen LogP contribution in [-0.4, -0.2) is 32.2 Å². The largest absolute Gasteiger partial charge is 0.378 e. The maximum Gasteiger partial charge on any atom is 0.290 e. The number of hydrogen-bond acceptors (Lipinski definition) is 3. The number of aryl methyl sites for hydroxylation is 1. The predicted octanol–water partition coefficient (Wildman–Crippen LogP) is 1.76. The molecule has 0 bridgehead atoms. The zero-order valence-electron chi connectivity index (χ0n) is 13.4. The molecule has 1 fully saturated rings. The van der Waals surface area contributed by atoms with E-state index in [2.05, 4.69) is 10.2 Å². The van der Waals surface area contributed by atoms with Gasteiger partial charge in [-0.3, -0.25) is 4.79 Å². The van der Waals surface area contributed by atoms with Gasteiger partial charge in [0.05, 0.1) is 13.2 Å². The molecule has 1 amide bonds. The molecule has 2 heterocycles. The van der Waals surface area contributed by atoms with Crippen molar-refractivity contribution in [1.82, 2.24) is 0 Å². The third-order valence-corrected chi connectivity index (χ3v) is 3.91. The van der Waals surface area contributed by atoms with Crippen molar-refractivity contribution in [2.45, 2.75) is 13.5 Å². The lowest BCUT2D eigenvalue weighted by Gasteiger charge is -2.28. The Morgan fingerprint density at radius 1 is 1.13 bits per heavy atom. The van der Waals surface area contributed by atoms with E-state index < -0.39 is 0 Å². The molecule has 120 valence electrons. The Kier molecular flexibility index (Phi) is 4.88. The number of nitrogens with zero attached hydrogens (tertiary/aromatic N) is 2. The minimum absolute atomic E-state index is 0.0297. The summed E-state index contributed by atoms with van der Waals surface area (Å²) in [7, 11) is 0. The van der Waals surface area contributed by atoms with Crippen LogP contribution in [0, 0.1) is 6.92 Å². The van der Waals surface area contributed by atoms with Gasteiger partial charge in [-0.05, 0) is 36.8 Å². The van der Waals surface area contributed by atoms with Gasteiger partial charge >= 0.3 is 0 Å². The van der Waals surface area contributed by atoms with Gasteiger partial charge in [0.1, 0.15) is 0 Å². The van der Waals surface area contributed by atoms with Crippen molar-refractivity contribution in [2.75, 3.05) is 36.5 Å². The zero-order chi connectivity index (χ0) is 16.1. The van der Waals surface area contributed by atoms with E-state index in [-0.39, 0.29) is 5.91 Å². The van der Waals surface area contributed by atoms with Crippen molar-refractivity contribution in [2.24, 2.45) is 0 Å². The third-order valence-electron chi connectivity index (χ3n) is 3.91. The van der Waals surface area contributed by atoms with Gasteiger partial charge in [0.15, 0.2) is 12.4 Å². The van der Waals surface area contributed by atoms with Gasteiger partial charge in [-0.1, -0.05) is 0 Å². The lowest BCUT2D eigenvalue weighted by molar-refractivity contribution is -0.684. The van der Waals surface area contributed by atoms with Crippen molar-refractivity contribution in [3.05, 3.63) is 54.4 Å². The standard InChI is InChI=1S/C18H21N3O2/c1-15-6-8-20(9-7-15)14-18(22)19-16-2-4-17(5-3-16)21-10-12-23-13-11-21/h2-9H,10-14H2,1H3/p+1. The van der Waals surface area contributed by atoms with Gasteiger partial charge in [0.25, 0.3) is 5.91 Å². The number of nitrogens with one attached hydrogen (secondary N) is 1. The van der Waals surface area contributed by atoms with E-state index >= 15 is 0 Å². The molecule has 23 heavy (non-hydrogen) atoms.